The van der Waals surface area contributed by atoms with Gasteiger partial charge >= 0.3 is 6.18 Å². The lowest BCUT2D eigenvalue weighted by Gasteiger charge is -2.17. The van der Waals surface area contributed by atoms with Gasteiger partial charge in [0.25, 0.3) is 0 Å². The predicted octanol–water partition coefficient (Wildman–Crippen LogP) is 3.42. The number of halogens is 4. The van der Waals surface area contributed by atoms with E-state index in [1.165, 1.54) is 19.9 Å². The van der Waals surface area contributed by atoms with E-state index in [4.69, 9.17) is 0 Å². The molecule has 1 aromatic carbocycles. The van der Waals surface area contributed by atoms with Gasteiger partial charge in [0.15, 0.2) is 5.78 Å². The van der Waals surface area contributed by atoms with Crippen LogP contribution in [-0.2, 0) is 6.18 Å². The van der Waals surface area contributed by atoms with Crippen molar-refractivity contribution in [1.82, 2.24) is 0 Å². The van der Waals surface area contributed by atoms with E-state index < -0.39 is 23.1 Å². The largest absolute Gasteiger partial charge is 0.417 e. The van der Waals surface area contributed by atoms with Crippen LogP contribution >= 0.6 is 15.9 Å². The third-order valence-electron chi connectivity index (χ3n) is 2.09. The van der Waals surface area contributed by atoms with Gasteiger partial charge in [-0.05, 0) is 26.0 Å². The maximum absolute atomic E-state index is 12.6. The summed E-state index contributed by atoms with van der Waals surface area (Å²) in [4.78, 5) is 11.6. The minimum absolute atomic E-state index is 0.141. The summed E-state index contributed by atoms with van der Waals surface area (Å²) < 4.78 is 37.6. The molecule has 0 bridgehead atoms. The fourth-order valence-corrected chi connectivity index (χ4v) is 1.71. The Morgan fingerprint density at radius 2 is 1.82 bits per heavy atom. The summed E-state index contributed by atoms with van der Waals surface area (Å²) in [5.74, 6) is -0.754. The maximum Gasteiger partial charge on any atom is 0.417 e. The number of ketones is 1. The second-order valence-corrected chi connectivity index (χ2v) is 4.93. The fourth-order valence-electron chi connectivity index (χ4n) is 1.24. The third-order valence-corrected chi connectivity index (χ3v) is 2.78. The van der Waals surface area contributed by atoms with Gasteiger partial charge in [0, 0.05) is 10.0 Å². The molecule has 0 heterocycles. The number of hydrogen-bond acceptors (Lipinski definition) is 2. The lowest BCUT2D eigenvalue weighted by molar-refractivity contribution is -0.138. The molecule has 94 valence electrons. The van der Waals surface area contributed by atoms with Crippen LogP contribution in [0.5, 0.6) is 0 Å². The number of Topliss-reactive ketones (excluding diaryl/α,β-unsaturated/α-hetero) is 1. The molecule has 0 saturated heterocycles. The molecule has 0 aliphatic carbocycles. The van der Waals surface area contributed by atoms with Gasteiger partial charge in [0.2, 0.25) is 0 Å². The van der Waals surface area contributed by atoms with Crippen molar-refractivity contribution in [2.45, 2.75) is 25.6 Å². The highest BCUT2D eigenvalue weighted by Crippen LogP contribution is 2.35. The van der Waals surface area contributed by atoms with E-state index in [0.717, 1.165) is 12.1 Å². The van der Waals surface area contributed by atoms with E-state index in [9.17, 15) is 23.1 Å². The molecule has 0 aliphatic rings. The molecule has 0 aromatic heterocycles. The summed E-state index contributed by atoms with van der Waals surface area (Å²) in [5.41, 5.74) is -2.81. The van der Waals surface area contributed by atoms with Gasteiger partial charge in [0.1, 0.15) is 5.60 Å². The summed E-state index contributed by atoms with van der Waals surface area (Å²) in [7, 11) is 0. The highest BCUT2D eigenvalue weighted by atomic mass is 79.9. The molecule has 0 spiro atoms. The van der Waals surface area contributed by atoms with Crippen molar-refractivity contribution in [2.75, 3.05) is 0 Å². The molecular weight excluding hydrogens is 301 g/mol. The zero-order valence-corrected chi connectivity index (χ0v) is 10.7. The Balaban J connectivity index is 3.28. The topological polar surface area (TPSA) is 37.3 Å². The van der Waals surface area contributed by atoms with Crippen molar-refractivity contribution in [3.8, 4) is 0 Å². The summed E-state index contributed by atoms with van der Waals surface area (Å²) in [6, 6.07) is 3.10. The predicted molar refractivity (Wildman–Crippen MR) is 59.8 cm³/mol. The first-order chi connectivity index (χ1) is 7.53. The molecule has 0 atom stereocenters. The van der Waals surface area contributed by atoms with Crippen LogP contribution in [0.15, 0.2) is 22.7 Å². The number of carbonyl (C=O) groups is 1. The monoisotopic (exact) mass is 310 g/mol. The number of aliphatic hydroxyl groups is 1. The van der Waals surface area contributed by atoms with Crippen LogP contribution in [0.25, 0.3) is 0 Å². The lowest BCUT2D eigenvalue weighted by atomic mass is 9.95. The molecule has 1 N–H and O–H groups in total. The number of rotatable bonds is 2. The first kappa shape index (κ1) is 14.2. The van der Waals surface area contributed by atoms with Crippen molar-refractivity contribution in [3.05, 3.63) is 33.8 Å². The van der Waals surface area contributed by atoms with Gasteiger partial charge < -0.3 is 5.11 Å². The number of hydrogen-bond donors (Lipinski definition) is 1. The Kier molecular flexibility index (Phi) is 3.69. The molecule has 1 aromatic rings. The van der Waals surface area contributed by atoms with Gasteiger partial charge in [-0.1, -0.05) is 22.0 Å². The Labute approximate surface area is 105 Å². The van der Waals surface area contributed by atoms with Crippen molar-refractivity contribution in [1.29, 1.82) is 0 Å². The van der Waals surface area contributed by atoms with Gasteiger partial charge in [-0.25, -0.2) is 0 Å². The zero-order chi connectivity index (χ0) is 13.4. The van der Waals surface area contributed by atoms with E-state index in [0.29, 0.717) is 0 Å². The average molecular weight is 311 g/mol. The molecule has 0 unspecified atom stereocenters. The molecule has 17 heavy (non-hydrogen) atoms. The molecule has 0 saturated carbocycles. The zero-order valence-electron chi connectivity index (χ0n) is 9.10. The van der Waals surface area contributed by atoms with E-state index in [1.807, 2.05) is 0 Å². The van der Waals surface area contributed by atoms with E-state index in [2.05, 4.69) is 15.9 Å². The van der Waals surface area contributed by atoms with Crippen molar-refractivity contribution in [2.24, 2.45) is 0 Å². The molecule has 0 radical (unpaired) electrons. The first-order valence-electron chi connectivity index (χ1n) is 4.67. The van der Waals surface area contributed by atoms with Crippen molar-refractivity contribution < 1.29 is 23.1 Å². The second-order valence-electron chi connectivity index (χ2n) is 4.08. The number of carbonyl (C=O) groups excluding carboxylic acids is 1. The standard InChI is InChI=1S/C11H10BrF3O2/c1-10(2,17)9(16)6-3-4-8(12)7(5-6)11(13,14)15/h3-5,17H,1-2H3. The molecular formula is C11H10BrF3O2. The summed E-state index contributed by atoms with van der Waals surface area (Å²) >= 11 is 2.77. The van der Waals surface area contributed by atoms with Gasteiger partial charge in [-0.15, -0.1) is 0 Å². The van der Waals surface area contributed by atoms with Crippen LogP contribution in [0.3, 0.4) is 0 Å². The molecule has 2 nitrogen and oxygen atoms in total. The van der Waals surface area contributed by atoms with Crippen LogP contribution in [0.1, 0.15) is 29.8 Å². The van der Waals surface area contributed by atoms with Crippen LogP contribution in [-0.4, -0.2) is 16.5 Å². The van der Waals surface area contributed by atoms with Gasteiger partial charge in [-0.3, -0.25) is 4.79 Å². The SMILES string of the molecule is CC(C)(O)C(=O)c1ccc(Br)c(C(F)(F)F)c1. The quantitative estimate of drug-likeness (QED) is 0.850. The van der Waals surface area contributed by atoms with Crippen LogP contribution in [0.2, 0.25) is 0 Å². The molecule has 0 fully saturated rings. The lowest BCUT2D eigenvalue weighted by Crippen LogP contribution is -2.31. The summed E-state index contributed by atoms with van der Waals surface area (Å²) in [5, 5.41) is 9.46. The molecule has 0 aliphatic heterocycles. The Morgan fingerprint density at radius 1 is 1.29 bits per heavy atom. The number of alkyl halides is 3. The first-order valence-corrected chi connectivity index (χ1v) is 5.46. The van der Waals surface area contributed by atoms with Crippen molar-refractivity contribution >= 4 is 21.7 Å². The smallest absolute Gasteiger partial charge is 0.382 e. The van der Waals surface area contributed by atoms with Crippen LogP contribution < -0.4 is 0 Å². The van der Waals surface area contributed by atoms with E-state index in [1.54, 1.807) is 0 Å². The summed E-state index contributed by atoms with van der Waals surface area (Å²) in [6.45, 7) is 2.45. The van der Waals surface area contributed by atoms with Crippen LogP contribution in [0, 0.1) is 0 Å². The Hall–Kier alpha value is -0.880. The molecule has 6 heteroatoms. The Bertz CT molecular complexity index is 447. The van der Waals surface area contributed by atoms with Crippen molar-refractivity contribution in [3.63, 3.8) is 0 Å². The second kappa shape index (κ2) is 4.42. The minimum Gasteiger partial charge on any atom is -0.382 e. The van der Waals surface area contributed by atoms with E-state index in [-0.39, 0.29) is 10.0 Å². The minimum atomic E-state index is -4.55. The molecule has 1 rings (SSSR count). The normalized spacial score (nSPS) is 12.6. The average Bonchev–Trinajstić information content (AvgIpc) is 2.14. The highest BCUT2D eigenvalue weighted by Gasteiger charge is 2.35. The number of benzene rings is 1. The molecule has 0 amide bonds. The van der Waals surface area contributed by atoms with Gasteiger partial charge in [-0.2, -0.15) is 13.2 Å². The third kappa shape index (κ3) is 3.29. The summed E-state index contributed by atoms with van der Waals surface area (Å²) in [6.07, 6.45) is -4.55. The maximum atomic E-state index is 12.6. The Morgan fingerprint density at radius 3 is 2.24 bits per heavy atom. The van der Waals surface area contributed by atoms with E-state index >= 15 is 0 Å². The van der Waals surface area contributed by atoms with Crippen LogP contribution in [0.4, 0.5) is 13.2 Å². The van der Waals surface area contributed by atoms with Gasteiger partial charge in [0.05, 0.1) is 5.56 Å². The fraction of sp³-hybridized carbons (Fsp3) is 0.364. The highest BCUT2D eigenvalue weighted by molar-refractivity contribution is 9.10.